The highest BCUT2D eigenvalue weighted by Gasteiger charge is 2.25. The molecular formula is C15H20N2O. The van der Waals surface area contributed by atoms with Crippen LogP contribution in [-0.4, -0.2) is 28.7 Å². The van der Waals surface area contributed by atoms with Crippen molar-refractivity contribution in [2.45, 2.75) is 44.9 Å². The van der Waals surface area contributed by atoms with E-state index in [1.54, 1.807) is 0 Å². The van der Waals surface area contributed by atoms with Gasteiger partial charge in [0, 0.05) is 12.6 Å². The Balaban J connectivity index is 2.04. The van der Waals surface area contributed by atoms with Crippen molar-refractivity contribution in [3.8, 4) is 6.07 Å². The third kappa shape index (κ3) is 3.10. The second-order valence-electron chi connectivity index (χ2n) is 5.08. The van der Waals surface area contributed by atoms with Gasteiger partial charge < -0.3 is 5.11 Å². The van der Waals surface area contributed by atoms with E-state index in [4.69, 9.17) is 5.26 Å². The number of nitrogens with zero attached hydrogens (tertiary/aromatic N) is 2. The van der Waals surface area contributed by atoms with Crippen LogP contribution in [0.25, 0.3) is 0 Å². The summed E-state index contributed by atoms with van der Waals surface area (Å²) in [5.41, 5.74) is 1.91. The maximum atomic E-state index is 9.82. The number of hydrogen-bond acceptors (Lipinski definition) is 3. The van der Waals surface area contributed by atoms with Crippen LogP contribution >= 0.6 is 0 Å². The maximum Gasteiger partial charge on any atom is 0.0991 e. The summed E-state index contributed by atoms with van der Waals surface area (Å²) in [6.07, 6.45) is 3.22. The fraction of sp³-hybridized carbons (Fsp3) is 0.533. The SMILES string of the molecule is C[C@@H](O)[C@H]1CCCCN1Cc1ccc(C#N)cc1. The molecule has 0 aromatic heterocycles. The second-order valence-corrected chi connectivity index (χ2v) is 5.08. The van der Waals surface area contributed by atoms with Gasteiger partial charge in [-0.2, -0.15) is 5.26 Å². The maximum absolute atomic E-state index is 9.82. The minimum atomic E-state index is -0.274. The molecule has 1 N–H and O–H groups in total. The highest BCUT2D eigenvalue weighted by Crippen LogP contribution is 2.22. The van der Waals surface area contributed by atoms with Gasteiger partial charge in [-0.1, -0.05) is 18.6 Å². The summed E-state index contributed by atoms with van der Waals surface area (Å²) in [5, 5.41) is 18.6. The van der Waals surface area contributed by atoms with E-state index in [0.717, 1.165) is 19.5 Å². The molecule has 0 amide bonds. The molecule has 0 bridgehead atoms. The zero-order valence-corrected chi connectivity index (χ0v) is 10.8. The molecule has 2 atom stereocenters. The van der Waals surface area contributed by atoms with Crippen LogP contribution in [0.1, 0.15) is 37.3 Å². The van der Waals surface area contributed by atoms with E-state index in [0.29, 0.717) is 5.56 Å². The van der Waals surface area contributed by atoms with Crippen molar-refractivity contribution in [1.29, 1.82) is 5.26 Å². The predicted molar refractivity (Wildman–Crippen MR) is 70.9 cm³/mol. The van der Waals surface area contributed by atoms with Crippen LogP contribution in [0.15, 0.2) is 24.3 Å². The molecule has 0 spiro atoms. The first-order chi connectivity index (χ1) is 8.70. The van der Waals surface area contributed by atoms with E-state index in [1.807, 2.05) is 31.2 Å². The van der Waals surface area contributed by atoms with Gasteiger partial charge in [-0.05, 0) is 44.0 Å². The molecule has 0 unspecified atom stereocenters. The number of aliphatic hydroxyl groups is 1. The molecule has 18 heavy (non-hydrogen) atoms. The minimum Gasteiger partial charge on any atom is -0.392 e. The molecule has 2 rings (SSSR count). The monoisotopic (exact) mass is 244 g/mol. The topological polar surface area (TPSA) is 47.3 Å². The fourth-order valence-corrected chi connectivity index (χ4v) is 2.68. The van der Waals surface area contributed by atoms with Crippen LogP contribution in [-0.2, 0) is 6.54 Å². The first-order valence-corrected chi connectivity index (χ1v) is 6.62. The van der Waals surface area contributed by atoms with Gasteiger partial charge in [0.25, 0.3) is 0 Å². The van der Waals surface area contributed by atoms with Crippen molar-refractivity contribution in [2.24, 2.45) is 0 Å². The average Bonchev–Trinajstić information content (AvgIpc) is 2.40. The Bertz CT molecular complexity index is 419. The zero-order chi connectivity index (χ0) is 13.0. The summed E-state index contributed by atoms with van der Waals surface area (Å²) in [5.74, 6) is 0. The van der Waals surface area contributed by atoms with Gasteiger partial charge >= 0.3 is 0 Å². The highest BCUT2D eigenvalue weighted by molar-refractivity contribution is 5.31. The molecule has 1 aromatic rings. The number of nitriles is 1. The summed E-state index contributed by atoms with van der Waals surface area (Å²) in [7, 11) is 0. The lowest BCUT2D eigenvalue weighted by atomic mass is 9.97. The molecule has 1 aliphatic heterocycles. The minimum absolute atomic E-state index is 0.273. The molecule has 96 valence electrons. The van der Waals surface area contributed by atoms with Crippen LogP contribution in [0.3, 0.4) is 0 Å². The molecule has 0 saturated carbocycles. The average molecular weight is 244 g/mol. The summed E-state index contributed by atoms with van der Waals surface area (Å²) in [4.78, 5) is 2.36. The van der Waals surface area contributed by atoms with Crippen LogP contribution < -0.4 is 0 Å². The smallest absolute Gasteiger partial charge is 0.0991 e. The first kappa shape index (κ1) is 13.1. The van der Waals surface area contributed by atoms with Gasteiger partial charge in [0.15, 0.2) is 0 Å². The number of rotatable bonds is 3. The van der Waals surface area contributed by atoms with Gasteiger partial charge in [0.2, 0.25) is 0 Å². The Hall–Kier alpha value is -1.37. The lowest BCUT2D eigenvalue weighted by Crippen LogP contribution is -2.45. The molecule has 3 heteroatoms. The molecule has 1 saturated heterocycles. The molecule has 1 aromatic carbocycles. The van der Waals surface area contributed by atoms with Crippen molar-refractivity contribution < 1.29 is 5.11 Å². The fourth-order valence-electron chi connectivity index (χ4n) is 2.68. The summed E-state index contributed by atoms with van der Waals surface area (Å²) < 4.78 is 0. The molecule has 1 aliphatic rings. The first-order valence-electron chi connectivity index (χ1n) is 6.62. The van der Waals surface area contributed by atoms with Gasteiger partial charge in [-0.25, -0.2) is 0 Å². The summed E-state index contributed by atoms with van der Waals surface area (Å²) >= 11 is 0. The van der Waals surface area contributed by atoms with Crippen LogP contribution in [0.2, 0.25) is 0 Å². The van der Waals surface area contributed by atoms with Crippen molar-refractivity contribution >= 4 is 0 Å². The van der Waals surface area contributed by atoms with E-state index in [2.05, 4.69) is 11.0 Å². The third-order valence-electron chi connectivity index (χ3n) is 3.69. The molecular weight excluding hydrogens is 224 g/mol. The van der Waals surface area contributed by atoms with Crippen molar-refractivity contribution in [3.63, 3.8) is 0 Å². The number of benzene rings is 1. The third-order valence-corrected chi connectivity index (χ3v) is 3.69. The number of hydrogen-bond donors (Lipinski definition) is 1. The number of likely N-dealkylation sites (tertiary alicyclic amines) is 1. The lowest BCUT2D eigenvalue weighted by molar-refractivity contribution is 0.0317. The largest absolute Gasteiger partial charge is 0.392 e. The molecule has 1 heterocycles. The molecule has 0 aliphatic carbocycles. The Morgan fingerprint density at radius 3 is 2.72 bits per heavy atom. The van der Waals surface area contributed by atoms with E-state index in [-0.39, 0.29) is 12.1 Å². The van der Waals surface area contributed by atoms with Crippen LogP contribution in [0, 0.1) is 11.3 Å². The van der Waals surface area contributed by atoms with Crippen molar-refractivity contribution in [1.82, 2.24) is 4.90 Å². The highest BCUT2D eigenvalue weighted by atomic mass is 16.3. The van der Waals surface area contributed by atoms with Crippen LogP contribution in [0.4, 0.5) is 0 Å². The van der Waals surface area contributed by atoms with Gasteiger partial charge in [0.1, 0.15) is 0 Å². The van der Waals surface area contributed by atoms with Gasteiger partial charge in [0.05, 0.1) is 17.7 Å². The Morgan fingerprint density at radius 2 is 2.11 bits per heavy atom. The summed E-state index contributed by atoms with van der Waals surface area (Å²) in [6, 6.07) is 10.1. The number of piperidine rings is 1. The Morgan fingerprint density at radius 1 is 1.39 bits per heavy atom. The van der Waals surface area contributed by atoms with Crippen molar-refractivity contribution in [3.05, 3.63) is 35.4 Å². The van der Waals surface area contributed by atoms with E-state index < -0.39 is 0 Å². The molecule has 1 fully saturated rings. The second kappa shape index (κ2) is 5.99. The predicted octanol–water partition coefficient (Wildman–Crippen LogP) is 2.29. The quantitative estimate of drug-likeness (QED) is 0.887. The standard InChI is InChI=1S/C15H20N2O/c1-12(18)15-4-2-3-9-17(15)11-14-7-5-13(10-16)6-8-14/h5-8,12,15,18H,2-4,9,11H2,1H3/t12-,15-/m1/s1. The van der Waals surface area contributed by atoms with Gasteiger partial charge in [-0.3, -0.25) is 4.90 Å². The van der Waals surface area contributed by atoms with E-state index in [9.17, 15) is 5.11 Å². The number of aliphatic hydroxyl groups excluding tert-OH is 1. The lowest BCUT2D eigenvalue weighted by Gasteiger charge is -2.37. The Labute approximate surface area is 109 Å². The van der Waals surface area contributed by atoms with E-state index >= 15 is 0 Å². The van der Waals surface area contributed by atoms with Crippen molar-refractivity contribution in [2.75, 3.05) is 6.54 Å². The summed E-state index contributed by atoms with van der Waals surface area (Å²) in [6.45, 7) is 3.79. The van der Waals surface area contributed by atoms with Crippen LogP contribution in [0.5, 0.6) is 0 Å². The molecule has 3 nitrogen and oxygen atoms in total. The molecule has 0 radical (unpaired) electrons. The van der Waals surface area contributed by atoms with E-state index in [1.165, 1.54) is 18.4 Å². The zero-order valence-electron chi connectivity index (χ0n) is 10.8. The van der Waals surface area contributed by atoms with Gasteiger partial charge in [-0.15, -0.1) is 0 Å². The normalized spacial score (nSPS) is 22.4. The Kier molecular flexibility index (Phi) is 4.35.